The average Bonchev–Trinajstić information content (AvgIpc) is 3.09. The molecule has 3 aromatic rings. The first-order chi connectivity index (χ1) is 14.9. The fourth-order valence-corrected chi connectivity index (χ4v) is 3.88. The largest absolute Gasteiger partial charge is 0.489 e. The second-order valence-corrected chi connectivity index (χ2v) is 7.87. The molecule has 0 radical (unpaired) electrons. The lowest BCUT2D eigenvalue weighted by Crippen LogP contribution is -2.22. The molecule has 5 nitrogen and oxygen atoms in total. The molecular formula is C26H25NO4. The predicted molar refractivity (Wildman–Crippen MR) is 119 cm³/mol. The summed E-state index contributed by atoms with van der Waals surface area (Å²) < 4.78 is 10.8. The Morgan fingerprint density at radius 1 is 1.00 bits per heavy atom. The van der Waals surface area contributed by atoms with Crippen molar-refractivity contribution in [1.82, 2.24) is 0 Å². The lowest BCUT2D eigenvalue weighted by molar-refractivity contribution is -0.139. The molecule has 5 heteroatoms. The molecule has 0 atom stereocenters. The van der Waals surface area contributed by atoms with E-state index in [0.29, 0.717) is 18.9 Å². The molecule has 1 heterocycles. The Hall–Kier alpha value is -3.60. The van der Waals surface area contributed by atoms with Gasteiger partial charge in [0.05, 0.1) is 20.1 Å². The fourth-order valence-electron chi connectivity index (χ4n) is 3.88. The zero-order valence-corrected chi connectivity index (χ0v) is 18.0. The van der Waals surface area contributed by atoms with E-state index in [1.807, 2.05) is 74.5 Å². The van der Waals surface area contributed by atoms with Crippen molar-refractivity contribution >= 4 is 17.6 Å². The second kappa shape index (κ2) is 8.64. The maximum absolute atomic E-state index is 13.0. The minimum absolute atomic E-state index is 0.0108. The summed E-state index contributed by atoms with van der Waals surface area (Å²) in [6, 6.07) is 19.5. The molecule has 0 saturated carbocycles. The van der Waals surface area contributed by atoms with Gasteiger partial charge in [0.2, 0.25) is 0 Å². The molecule has 3 aromatic carbocycles. The number of rotatable bonds is 6. The van der Waals surface area contributed by atoms with Gasteiger partial charge in [-0.2, -0.15) is 0 Å². The number of hydrogen-bond donors (Lipinski definition) is 0. The van der Waals surface area contributed by atoms with Crippen LogP contribution in [-0.2, 0) is 29.1 Å². The van der Waals surface area contributed by atoms with E-state index in [1.165, 1.54) is 7.11 Å². The highest BCUT2D eigenvalue weighted by Gasteiger charge is 2.30. The maximum atomic E-state index is 13.0. The molecule has 0 aliphatic carbocycles. The molecular weight excluding hydrogens is 390 g/mol. The summed E-state index contributed by atoms with van der Waals surface area (Å²) in [4.78, 5) is 26.4. The number of nitrogens with zero attached hydrogens (tertiary/aromatic N) is 1. The minimum atomic E-state index is -0.285. The molecule has 0 bridgehead atoms. The summed E-state index contributed by atoms with van der Waals surface area (Å²) in [6.07, 6.45) is 0.204. The van der Waals surface area contributed by atoms with Crippen LogP contribution in [0.25, 0.3) is 0 Å². The summed E-state index contributed by atoms with van der Waals surface area (Å²) in [6.45, 7) is 4.87. The number of amides is 1. The van der Waals surface area contributed by atoms with Crippen LogP contribution in [0.15, 0.2) is 60.7 Å². The van der Waals surface area contributed by atoms with Crippen LogP contribution in [0.4, 0.5) is 5.69 Å². The monoisotopic (exact) mass is 415 g/mol. The topological polar surface area (TPSA) is 55.8 Å². The van der Waals surface area contributed by atoms with Crippen LogP contribution in [0, 0.1) is 13.8 Å². The van der Waals surface area contributed by atoms with Crippen LogP contribution in [0.1, 0.15) is 38.2 Å². The van der Waals surface area contributed by atoms with Crippen molar-refractivity contribution < 1.29 is 19.1 Å². The Morgan fingerprint density at radius 2 is 1.77 bits per heavy atom. The van der Waals surface area contributed by atoms with Crippen LogP contribution < -0.4 is 9.64 Å². The standard InChI is InChI=1S/C26H25NO4/c1-17-7-9-21(10-8-17)27-15-24-20(5-4-6-23(24)26(27)29)16-31-22-12-18(2)11-19(13-22)14-25(28)30-3/h4-13H,14-16H2,1-3H3. The Labute approximate surface area is 182 Å². The number of esters is 1. The second-order valence-electron chi connectivity index (χ2n) is 7.87. The van der Waals surface area contributed by atoms with Crippen molar-refractivity contribution in [3.8, 4) is 5.75 Å². The van der Waals surface area contributed by atoms with Gasteiger partial charge in [0.15, 0.2) is 0 Å². The molecule has 0 aromatic heterocycles. The smallest absolute Gasteiger partial charge is 0.309 e. The SMILES string of the molecule is COC(=O)Cc1cc(C)cc(OCc2cccc3c2CN(c2ccc(C)cc2)C3=O)c1. The lowest BCUT2D eigenvalue weighted by Gasteiger charge is -2.16. The molecule has 1 aliphatic rings. The zero-order chi connectivity index (χ0) is 22.0. The maximum Gasteiger partial charge on any atom is 0.309 e. The number of ether oxygens (including phenoxy) is 2. The lowest BCUT2D eigenvalue weighted by atomic mass is 10.0. The van der Waals surface area contributed by atoms with E-state index in [0.717, 1.165) is 39.1 Å². The summed E-state index contributed by atoms with van der Waals surface area (Å²) in [5.74, 6) is 0.417. The van der Waals surface area contributed by atoms with Crippen LogP contribution in [0.5, 0.6) is 5.75 Å². The number of carbonyl (C=O) groups excluding carboxylic acids is 2. The molecule has 158 valence electrons. The number of fused-ring (bicyclic) bond motifs is 1. The van der Waals surface area contributed by atoms with Gasteiger partial charge in [0.1, 0.15) is 12.4 Å². The van der Waals surface area contributed by atoms with Gasteiger partial charge >= 0.3 is 5.97 Å². The van der Waals surface area contributed by atoms with Crippen molar-refractivity contribution in [2.24, 2.45) is 0 Å². The highest BCUT2D eigenvalue weighted by molar-refractivity contribution is 6.10. The summed E-state index contributed by atoms with van der Waals surface area (Å²) in [5, 5.41) is 0. The van der Waals surface area contributed by atoms with Crippen LogP contribution >= 0.6 is 0 Å². The quantitative estimate of drug-likeness (QED) is 0.545. The van der Waals surface area contributed by atoms with Crippen LogP contribution in [0.2, 0.25) is 0 Å². The fraction of sp³-hybridized carbons (Fsp3) is 0.231. The van der Waals surface area contributed by atoms with E-state index in [1.54, 1.807) is 4.90 Å². The van der Waals surface area contributed by atoms with Crippen molar-refractivity contribution in [2.75, 3.05) is 12.0 Å². The molecule has 0 unspecified atom stereocenters. The molecule has 31 heavy (non-hydrogen) atoms. The molecule has 4 rings (SSSR count). The highest BCUT2D eigenvalue weighted by Crippen LogP contribution is 2.31. The summed E-state index contributed by atoms with van der Waals surface area (Å²) in [7, 11) is 1.38. The van der Waals surface area contributed by atoms with Crippen LogP contribution in [0.3, 0.4) is 0 Å². The van der Waals surface area contributed by atoms with E-state index >= 15 is 0 Å². The molecule has 0 spiro atoms. The number of benzene rings is 3. The summed E-state index contributed by atoms with van der Waals surface area (Å²) in [5.41, 5.74) is 6.61. The van der Waals surface area contributed by atoms with E-state index in [9.17, 15) is 9.59 Å². The van der Waals surface area contributed by atoms with E-state index < -0.39 is 0 Å². The Kier molecular flexibility index (Phi) is 5.76. The normalized spacial score (nSPS) is 12.6. The zero-order valence-electron chi connectivity index (χ0n) is 18.0. The molecule has 0 fully saturated rings. The third kappa shape index (κ3) is 4.45. The van der Waals surface area contributed by atoms with E-state index in [-0.39, 0.29) is 18.3 Å². The van der Waals surface area contributed by atoms with Gasteiger partial charge < -0.3 is 14.4 Å². The Bertz CT molecular complexity index is 1130. The number of aryl methyl sites for hydroxylation is 2. The first-order valence-electron chi connectivity index (χ1n) is 10.2. The average molecular weight is 415 g/mol. The third-order valence-corrected chi connectivity index (χ3v) is 5.49. The number of methoxy groups -OCH3 is 1. The predicted octanol–water partition coefficient (Wildman–Crippen LogP) is 4.76. The van der Waals surface area contributed by atoms with Gasteiger partial charge in [-0.05, 0) is 66.4 Å². The number of carbonyl (C=O) groups is 2. The van der Waals surface area contributed by atoms with Crippen molar-refractivity contribution in [3.05, 3.63) is 94.0 Å². The highest BCUT2D eigenvalue weighted by atomic mass is 16.5. The van der Waals surface area contributed by atoms with Crippen molar-refractivity contribution in [2.45, 2.75) is 33.4 Å². The van der Waals surface area contributed by atoms with E-state index in [2.05, 4.69) is 0 Å². The summed E-state index contributed by atoms with van der Waals surface area (Å²) >= 11 is 0. The van der Waals surface area contributed by atoms with Gasteiger partial charge in [-0.15, -0.1) is 0 Å². The van der Waals surface area contributed by atoms with Gasteiger partial charge in [0.25, 0.3) is 5.91 Å². The minimum Gasteiger partial charge on any atom is -0.489 e. The van der Waals surface area contributed by atoms with Crippen molar-refractivity contribution in [3.63, 3.8) is 0 Å². The van der Waals surface area contributed by atoms with Gasteiger partial charge in [-0.3, -0.25) is 9.59 Å². The van der Waals surface area contributed by atoms with Gasteiger partial charge in [-0.1, -0.05) is 35.9 Å². The van der Waals surface area contributed by atoms with Gasteiger partial charge in [-0.25, -0.2) is 0 Å². The molecule has 1 aliphatic heterocycles. The Balaban J connectivity index is 1.53. The van der Waals surface area contributed by atoms with Crippen molar-refractivity contribution in [1.29, 1.82) is 0 Å². The number of anilines is 1. The van der Waals surface area contributed by atoms with Gasteiger partial charge in [0, 0.05) is 11.3 Å². The third-order valence-electron chi connectivity index (χ3n) is 5.49. The first kappa shape index (κ1) is 20.7. The molecule has 0 N–H and O–H groups in total. The number of hydrogen-bond acceptors (Lipinski definition) is 4. The molecule has 0 saturated heterocycles. The Morgan fingerprint density at radius 3 is 2.52 bits per heavy atom. The van der Waals surface area contributed by atoms with E-state index in [4.69, 9.17) is 9.47 Å². The molecule has 1 amide bonds. The first-order valence-corrected chi connectivity index (χ1v) is 10.2. The van der Waals surface area contributed by atoms with Crippen LogP contribution in [-0.4, -0.2) is 19.0 Å².